The van der Waals surface area contributed by atoms with Gasteiger partial charge in [-0.3, -0.25) is 4.79 Å². The zero-order chi connectivity index (χ0) is 13.5. The number of ether oxygens (including phenoxy) is 1. The Morgan fingerprint density at radius 1 is 1.53 bits per heavy atom. The second-order valence-corrected chi connectivity index (χ2v) is 4.43. The van der Waals surface area contributed by atoms with Gasteiger partial charge in [0, 0.05) is 5.41 Å². The van der Waals surface area contributed by atoms with E-state index in [1.165, 1.54) is 6.08 Å². The summed E-state index contributed by atoms with van der Waals surface area (Å²) in [5.74, 6) is -1.39. The van der Waals surface area contributed by atoms with Gasteiger partial charge in [0.2, 0.25) is 5.91 Å². The van der Waals surface area contributed by atoms with Crippen LogP contribution in [-0.2, 0) is 14.3 Å². The first-order valence-electron chi connectivity index (χ1n) is 5.57. The van der Waals surface area contributed by atoms with Crippen LogP contribution in [0.15, 0.2) is 12.7 Å². The van der Waals surface area contributed by atoms with Crippen LogP contribution in [0.4, 0.5) is 0 Å². The molecule has 0 bridgehead atoms. The van der Waals surface area contributed by atoms with Crippen molar-refractivity contribution in [1.82, 2.24) is 5.32 Å². The summed E-state index contributed by atoms with van der Waals surface area (Å²) >= 11 is 0. The summed E-state index contributed by atoms with van der Waals surface area (Å²) in [6.07, 6.45) is 2.16. The Bertz CT molecular complexity index is 286. The van der Waals surface area contributed by atoms with Crippen molar-refractivity contribution in [2.45, 2.75) is 33.2 Å². The SMILES string of the molecule is C=CCOCC(NC(=O)C(C)(C)CC)C(=O)O. The maximum atomic E-state index is 11.8. The standard InChI is InChI=1S/C12H21NO4/c1-5-7-17-8-9(10(14)15)13-11(16)12(3,4)6-2/h5,9H,1,6-8H2,2-4H3,(H,13,16)(H,14,15). The van der Waals surface area contributed by atoms with Crippen molar-refractivity contribution in [1.29, 1.82) is 0 Å². The number of hydrogen-bond donors (Lipinski definition) is 2. The molecule has 0 radical (unpaired) electrons. The molecule has 17 heavy (non-hydrogen) atoms. The Labute approximate surface area is 102 Å². The lowest BCUT2D eigenvalue weighted by molar-refractivity contribution is -0.145. The molecule has 0 saturated heterocycles. The molecule has 0 saturated carbocycles. The fourth-order valence-corrected chi connectivity index (χ4v) is 0.958. The number of aliphatic carboxylic acids is 1. The average molecular weight is 243 g/mol. The van der Waals surface area contributed by atoms with E-state index >= 15 is 0 Å². The molecule has 1 unspecified atom stereocenters. The lowest BCUT2D eigenvalue weighted by Crippen LogP contribution is -2.48. The number of carboxylic acids is 1. The van der Waals surface area contributed by atoms with E-state index < -0.39 is 17.4 Å². The highest BCUT2D eigenvalue weighted by Crippen LogP contribution is 2.19. The monoisotopic (exact) mass is 243 g/mol. The molecular formula is C12H21NO4. The molecule has 2 N–H and O–H groups in total. The number of carbonyl (C=O) groups excluding carboxylic acids is 1. The van der Waals surface area contributed by atoms with Crippen molar-refractivity contribution < 1.29 is 19.4 Å². The van der Waals surface area contributed by atoms with E-state index in [0.717, 1.165) is 0 Å². The van der Waals surface area contributed by atoms with Crippen LogP contribution < -0.4 is 5.32 Å². The summed E-state index contributed by atoms with van der Waals surface area (Å²) in [6.45, 7) is 9.07. The van der Waals surface area contributed by atoms with Gasteiger partial charge in [0.15, 0.2) is 6.04 Å². The molecule has 98 valence electrons. The van der Waals surface area contributed by atoms with E-state index in [0.29, 0.717) is 6.42 Å². The Hall–Kier alpha value is -1.36. The van der Waals surface area contributed by atoms with Gasteiger partial charge in [0.1, 0.15) is 0 Å². The molecule has 0 aliphatic carbocycles. The van der Waals surface area contributed by atoms with Gasteiger partial charge in [-0.2, -0.15) is 0 Å². The number of carbonyl (C=O) groups is 2. The first-order chi connectivity index (χ1) is 7.85. The Balaban J connectivity index is 4.39. The van der Waals surface area contributed by atoms with Crippen LogP contribution in [0.1, 0.15) is 27.2 Å². The molecular weight excluding hydrogens is 222 g/mol. The van der Waals surface area contributed by atoms with E-state index in [9.17, 15) is 9.59 Å². The average Bonchev–Trinajstić information content (AvgIpc) is 2.27. The first kappa shape index (κ1) is 15.6. The molecule has 0 heterocycles. The molecule has 0 spiro atoms. The van der Waals surface area contributed by atoms with Crippen LogP contribution in [-0.4, -0.2) is 36.2 Å². The van der Waals surface area contributed by atoms with Crippen molar-refractivity contribution >= 4 is 11.9 Å². The topological polar surface area (TPSA) is 75.6 Å². The molecule has 0 rings (SSSR count). The summed E-state index contributed by atoms with van der Waals surface area (Å²) in [7, 11) is 0. The molecule has 0 aromatic heterocycles. The summed E-state index contributed by atoms with van der Waals surface area (Å²) in [4.78, 5) is 22.7. The summed E-state index contributed by atoms with van der Waals surface area (Å²) < 4.78 is 5.04. The molecule has 0 aromatic rings. The third-order valence-electron chi connectivity index (χ3n) is 2.62. The molecule has 5 nitrogen and oxygen atoms in total. The Morgan fingerprint density at radius 3 is 2.53 bits per heavy atom. The van der Waals surface area contributed by atoms with Gasteiger partial charge >= 0.3 is 5.97 Å². The normalized spacial score (nSPS) is 12.9. The highest BCUT2D eigenvalue weighted by atomic mass is 16.5. The molecule has 0 fully saturated rings. The summed E-state index contributed by atoms with van der Waals surface area (Å²) in [5, 5.41) is 11.4. The minimum absolute atomic E-state index is 0.0626. The summed E-state index contributed by atoms with van der Waals surface area (Å²) in [6, 6.07) is -1.02. The predicted octanol–water partition coefficient (Wildman–Crippen LogP) is 1.19. The zero-order valence-corrected chi connectivity index (χ0v) is 10.7. The fourth-order valence-electron chi connectivity index (χ4n) is 0.958. The maximum absolute atomic E-state index is 11.8. The van der Waals surface area contributed by atoms with E-state index in [1.54, 1.807) is 13.8 Å². The zero-order valence-electron chi connectivity index (χ0n) is 10.7. The third kappa shape index (κ3) is 5.49. The molecule has 1 atom stereocenters. The first-order valence-corrected chi connectivity index (χ1v) is 5.57. The van der Waals surface area contributed by atoms with Gasteiger partial charge in [-0.05, 0) is 6.42 Å². The predicted molar refractivity (Wildman–Crippen MR) is 64.7 cm³/mol. The van der Waals surface area contributed by atoms with Crippen molar-refractivity contribution in [2.75, 3.05) is 13.2 Å². The molecule has 0 aromatic carbocycles. The molecule has 5 heteroatoms. The lowest BCUT2D eigenvalue weighted by atomic mass is 9.89. The molecule has 0 aliphatic heterocycles. The smallest absolute Gasteiger partial charge is 0.328 e. The molecule has 1 amide bonds. The van der Waals surface area contributed by atoms with Crippen LogP contribution in [0.25, 0.3) is 0 Å². The van der Waals surface area contributed by atoms with Gasteiger partial charge in [-0.25, -0.2) is 4.79 Å². The number of hydrogen-bond acceptors (Lipinski definition) is 3. The second-order valence-electron chi connectivity index (χ2n) is 4.43. The third-order valence-corrected chi connectivity index (χ3v) is 2.62. The van der Waals surface area contributed by atoms with E-state index in [4.69, 9.17) is 9.84 Å². The lowest BCUT2D eigenvalue weighted by Gasteiger charge is -2.24. The number of carboxylic acid groups (broad SMARTS) is 1. The Morgan fingerprint density at radius 2 is 2.12 bits per heavy atom. The van der Waals surface area contributed by atoms with Crippen LogP contribution in [0.5, 0.6) is 0 Å². The van der Waals surface area contributed by atoms with Gasteiger partial charge in [-0.15, -0.1) is 6.58 Å². The number of nitrogens with one attached hydrogen (secondary N) is 1. The summed E-state index contributed by atoms with van der Waals surface area (Å²) in [5.41, 5.74) is -0.577. The van der Waals surface area contributed by atoms with Crippen molar-refractivity contribution in [3.8, 4) is 0 Å². The minimum Gasteiger partial charge on any atom is -0.480 e. The fraction of sp³-hybridized carbons (Fsp3) is 0.667. The van der Waals surface area contributed by atoms with Crippen LogP contribution in [0.3, 0.4) is 0 Å². The van der Waals surface area contributed by atoms with Crippen molar-refractivity contribution in [3.63, 3.8) is 0 Å². The van der Waals surface area contributed by atoms with E-state index in [2.05, 4.69) is 11.9 Å². The minimum atomic E-state index is -1.10. The van der Waals surface area contributed by atoms with Crippen LogP contribution >= 0.6 is 0 Å². The number of amides is 1. The second kappa shape index (κ2) is 7.06. The van der Waals surface area contributed by atoms with Gasteiger partial charge in [0.25, 0.3) is 0 Å². The van der Waals surface area contributed by atoms with Crippen LogP contribution in [0, 0.1) is 5.41 Å². The maximum Gasteiger partial charge on any atom is 0.328 e. The Kier molecular flexibility index (Phi) is 6.50. The van der Waals surface area contributed by atoms with E-state index in [1.807, 2.05) is 6.92 Å². The van der Waals surface area contributed by atoms with Gasteiger partial charge in [0.05, 0.1) is 13.2 Å². The van der Waals surface area contributed by atoms with Crippen molar-refractivity contribution in [3.05, 3.63) is 12.7 Å². The van der Waals surface area contributed by atoms with Gasteiger partial charge < -0.3 is 15.2 Å². The largest absolute Gasteiger partial charge is 0.480 e. The van der Waals surface area contributed by atoms with E-state index in [-0.39, 0.29) is 19.1 Å². The van der Waals surface area contributed by atoms with Crippen LogP contribution in [0.2, 0.25) is 0 Å². The highest BCUT2D eigenvalue weighted by Gasteiger charge is 2.29. The molecule has 0 aliphatic rings. The van der Waals surface area contributed by atoms with Crippen molar-refractivity contribution in [2.24, 2.45) is 5.41 Å². The number of rotatable bonds is 8. The highest BCUT2D eigenvalue weighted by molar-refractivity contribution is 5.86. The van der Waals surface area contributed by atoms with Gasteiger partial charge in [-0.1, -0.05) is 26.8 Å². The quantitative estimate of drug-likeness (QED) is 0.496.